The number of nitrogens with zero attached hydrogens (tertiary/aromatic N) is 4. The van der Waals surface area contributed by atoms with Gasteiger partial charge in [0, 0.05) is 31.4 Å². The smallest absolute Gasteiger partial charge is 0.160 e. The van der Waals surface area contributed by atoms with Crippen LogP contribution in [0.5, 0.6) is 0 Å². The summed E-state index contributed by atoms with van der Waals surface area (Å²) in [6.45, 7) is 2.70. The van der Waals surface area contributed by atoms with Gasteiger partial charge in [0.25, 0.3) is 0 Å². The zero-order chi connectivity index (χ0) is 13.2. The molecule has 0 saturated carbocycles. The average Bonchev–Trinajstić information content (AvgIpc) is 3.03. The second-order valence-corrected chi connectivity index (χ2v) is 4.42. The Morgan fingerprint density at radius 1 is 1.26 bits per heavy atom. The lowest BCUT2D eigenvalue weighted by molar-refractivity contribution is 0.836. The molecule has 0 atom stereocenters. The van der Waals surface area contributed by atoms with Crippen LogP contribution >= 0.6 is 0 Å². The van der Waals surface area contributed by atoms with Crippen molar-refractivity contribution in [2.24, 2.45) is 5.73 Å². The summed E-state index contributed by atoms with van der Waals surface area (Å²) in [5, 5.41) is 0. The zero-order valence-corrected chi connectivity index (χ0v) is 11.0. The molecular weight excluding hydrogens is 238 g/mol. The number of nitrogens with two attached hydrogens (primary N) is 1. The van der Waals surface area contributed by atoms with Gasteiger partial charge in [-0.25, -0.2) is 9.97 Å². The van der Waals surface area contributed by atoms with E-state index >= 15 is 0 Å². The molecule has 0 aliphatic rings. The largest absolute Gasteiger partial charge is 0.330 e. The number of imidazole rings is 2. The highest BCUT2D eigenvalue weighted by Gasteiger charge is 2.14. The number of aromatic nitrogens is 4. The predicted molar refractivity (Wildman–Crippen MR) is 74.5 cm³/mol. The SMILES string of the molecule is CCc1nccn1-c1nc2ccccn2c1CCN. The van der Waals surface area contributed by atoms with Crippen molar-refractivity contribution in [3.8, 4) is 5.82 Å². The Bertz CT molecular complexity index is 695. The molecule has 0 saturated heterocycles. The highest BCUT2D eigenvalue weighted by molar-refractivity contribution is 5.49. The lowest BCUT2D eigenvalue weighted by atomic mass is 10.3. The molecule has 2 N–H and O–H groups in total. The molecular formula is C14H17N5. The van der Waals surface area contributed by atoms with Gasteiger partial charge in [0.2, 0.25) is 0 Å². The molecule has 0 aliphatic heterocycles. The van der Waals surface area contributed by atoms with Crippen molar-refractivity contribution in [2.45, 2.75) is 19.8 Å². The first-order valence-electron chi connectivity index (χ1n) is 6.53. The van der Waals surface area contributed by atoms with E-state index in [-0.39, 0.29) is 0 Å². The fraction of sp³-hybridized carbons (Fsp3) is 0.286. The zero-order valence-electron chi connectivity index (χ0n) is 11.0. The van der Waals surface area contributed by atoms with E-state index in [1.807, 2.05) is 36.8 Å². The van der Waals surface area contributed by atoms with Gasteiger partial charge in [-0.05, 0) is 18.7 Å². The average molecular weight is 255 g/mol. The van der Waals surface area contributed by atoms with Crippen molar-refractivity contribution >= 4 is 5.65 Å². The Morgan fingerprint density at radius 3 is 2.95 bits per heavy atom. The van der Waals surface area contributed by atoms with Crippen molar-refractivity contribution in [3.05, 3.63) is 48.3 Å². The summed E-state index contributed by atoms with van der Waals surface area (Å²) in [5.41, 5.74) is 7.81. The normalized spacial score (nSPS) is 11.3. The summed E-state index contributed by atoms with van der Waals surface area (Å²) in [6, 6.07) is 6.01. The van der Waals surface area contributed by atoms with Crippen LogP contribution in [0.3, 0.4) is 0 Å². The summed E-state index contributed by atoms with van der Waals surface area (Å²) in [5.74, 6) is 1.95. The van der Waals surface area contributed by atoms with Crippen LogP contribution in [0, 0.1) is 0 Å². The molecule has 0 unspecified atom stereocenters. The Kier molecular flexibility index (Phi) is 3.05. The van der Waals surface area contributed by atoms with E-state index < -0.39 is 0 Å². The minimum atomic E-state index is 0.603. The molecule has 0 fully saturated rings. The van der Waals surface area contributed by atoms with Crippen molar-refractivity contribution in [1.29, 1.82) is 0 Å². The van der Waals surface area contributed by atoms with Crippen molar-refractivity contribution in [2.75, 3.05) is 6.54 Å². The summed E-state index contributed by atoms with van der Waals surface area (Å²) in [6.07, 6.45) is 7.47. The van der Waals surface area contributed by atoms with Crippen LogP contribution in [0.4, 0.5) is 0 Å². The Labute approximate surface area is 111 Å². The Balaban J connectivity index is 2.25. The van der Waals surface area contributed by atoms with Crippen molar-refractivity contribution in [3.63, 3.8) is 0 Å². The second-order valence-electron chi connectivity index (χ2n) is 4.42. The molecule has 19 heavy (non-hydrogen) atoms. The lowest BCUT2D eigenvalue weighted by Crippen LogP contribution is -2.09. The topological polar surface area (TPSA) is 61.1 Å². The van der Waals surface area contributed by atoms with Gasteiger partial charge in [-0.3, -0.25) is 4.57 Å². The number of aryl methyl sites for hydroxylation is 1. The van der Waals surface area contributed by atoms with E-state index in [9.17, 15) is 0 Å². The lowest BCUT2D eigenvalue weighted by Gasteiger charge is -2.06. The van der Waals surface area contributed by atoms with Crippen LogP contribution in [0.1, 0.15) is 18.4 Å². The van der Waals surface area contributed by atoms with Gasteiger partial charge in [0.15, 0.2) is 5.82 Å². The van der Waals surface area contributed by atoms with Gasteiger partial charge < -0.3 is 10.1 Å². The number of rotatable bonds is 4. The first-order valence-corrected chi connectivity index (χ1v) is 6.53. The van der Waals surface area contributed by atoms with Gasteiger partial charge in [-0.2, -0.15) is 0 Å². The van der Waals surface area contributed by atoms with Gasteiger partial charge >= 0.3 is 0 Å². The summed E-state index contributed by atoms with van der Waals surface area (Å²) >= 11 is 0. The quantitative estimate of drug-likeness (QED) is 0.770. The minimum absolute atomic E-state index is 0.603. The maximum atomic E-state index is 5.74. The predicted octanol–water partition coefficient (Wildman–Crippen LogP) is 1.58. The van der Waals surface area contributed by atoms with Crippen molar-refractivity contribution in [1.82, 2.24) is 18.9 Å². The summed E-state index contributed by atoms with van der Waals surface area (Å²) in [7, 11) is 0. The third kappa shape index (κ3) is 1.92. The van der Waals surface area contributed by atoms with Crippen LogP contribution in [0.25, 0.3) is 11.5 Å². The number of hydrogen-bond acceptors (Lipinski definition) is 3. The van der Waals surface area contributed by atoms with Crippen LogP contribution < -0.4 is 5.73 Å². The first-order chi connectivity index (χ1) is 9.35. The third-order valence-corrected chi connectivity index (χ3v) is 3.25. The third-order valence-electron chi connectivity index (χ3n) is 3.25. The summed E-state index contributed by atoms with van der Waals surface area (Å²) in [4.78, 5) is 9.08. The molecule has 0 aromatic carbocycles. The van der Waals surface area contributed by atoms with E-state index in [0.29, 0.717) is 6.54 Å². The molecule has 0 amide bonds. The van der Waals surface area contributed by atoms with E-state index in [0.717, 1.165) is 35.8 Å². The van der Waals surface area contributed by atoms with Gasteiger partial charge in [-0.1, -0.05) is 13.0 Å². The Hall–Kier alpha value is -2.14. The van der Waals surface area contributed by atoms with E-state index in [2.05, 4.69) is 20.9 Å². The van der Waals surface area contributed by atoms with E-state index in [4.69, 9.17) is 10.7 Å². The van der Waals surface area contributed by atoms with Crippen LogP contribution in [-0.2, 0) is 12.8 Å². The van der Waals surface area contributed by atoms with Gasteiger partial charge in [0.05, 0.1) is 5.69 Å². The monoisotopic (exact) mass is 255 g/mol. The standard InChI is InChI=1S/C14H17N5/c1-2-12-16-8-10-19(12)14-11(6-7-15)18-9-4-3-5-13(18)17-14/h3-5,8-10H,2,6-7,15H2,1H3. The maximum Gasteiger partial charge on any atom is 0.160 e. The molecule has 3 aromatic rings. The second kappa shape index (κ2) is 4.85. The highest BCUT2D eigenvalue weighted by Crippen LogP contribution is 2.19. The van der Waals surface area contributed by atoms with Crippen LogP contribution in [-0.4, -0.2) is 25.5 Å². The van der Waals surface area contributed by atoms with Crippen LogP contribution in [0.2, 0.25) is 0 Å². The van der Waals surface area contributed by atoms with Crippen LogP contribution in [0.15, 0.2) is 36.8 Å². The number of hydrogen-bond donors (Lipinski definition) is 1. The first kappa shape index (κ1) is 11.9. The fourth-order valence-electron chi connectivity index (χ4n) is 2.38. The molecule has 3 aromatic heterocycles. The molecule has 98 valence electrons. The fourth-order valence-corrected chi connectivity index (χ4v) is 2.38. The van der Waals surface area contributed by atoms with Gasteiger partial charge in [0.1, 0.15) is 11.5 Å². The molecule has 3 heterocycles. The molecule has 3 rings (SSSR count). The molecule has 0 radical (unpaired) electrons. The molecule has 5 nitrogen and oxygen atoms in total. The molecule has 0 spiro atoms. The van der Waals surface area contributed by atoms with E-state index in [1.54, 1.807) is 0 Å². The maximum absolute atomic E-state index is 5.74. The highest BCUT2D eigenvalue weighted by atomic mass is 15.2. The molecule has 5 heteroatoms. The Morgan fingerprint density at radius 2 is 2.16 bits per heavy atom. The number of pyridine rings is 1. The number of fused-ring (bicyclic) bond motifs is 1. The molecule has 0 aliphatic carbocycles. The van der Waals surface area contributed by atoms with Gasteiger partial charge in [-0.15, -0.1) is 0 Å². The van der Waals surface area contributed by atoms with Crippen molar-refractivity contribution < 1.29 is 0 Å². The molecule has 0 bridgehead atoms. The van der Waals surface area contributed by atoms with E-state index in [1.165, 1.54) is 0 Å². The summed E-state index contributed by atoms with van der Waals surface area (Å²) < 4.78 is 4.15. The minimum Gasteiger partial charge on any atom is -0.330 e.